The summed E-state index contributed by atoms with van der Waals surface area (Å²) in [6.45, 7) is 1.85. The van der Waals surface area contributed by atoms with E-state index in [9.17, 15) is 14.4 Å². The van der Waals surface area contributed by atoms with Crippen LogP contribution in [0, 0.1) is 0 Å². The molecule has 0 aromatic heterocycles. The van der Waals surface area contributed by atoms with Gasteiger partial charge in [-0.2, -0.15) is 0 Å². The number of aromatic carboxylic acids is 1. The zero-order chi connectivity index (χ0) is 14.8. The molecule has 104 valence electrons. The van der Waals surface area contributed by atoms with Crippen molar-refractivity contribution in [3.8, 4) is 0 Å². The first-order valence-electron chi connectivity index (χ1n) is 5.33. The van der Waals surface area contributed by atoms with Gasteiger partial charge in [0.1, 0.15) is 6.42 Å². The van der Waals surface area contributed by atoms with Crippen molar-refractivity contribution in [1.29, 1.82) is 0 Å². The van der Waals surface area contributed by atoms with Crippen LogP contribution in [0.3, 0.4) is 0 Å². The van der Waals surface area contributed by atoms with Crippen LogP contribution in [0.5, 0.6) is 0 Å². The Morgan fingerprint density at radius 3 is 2.05 bits per heavy atom. The van der Waals surface area contributed by atoms with Crippen LogP contribution in [0.15, 0.2) is 24.3 Å². The lowest BCUT2D eigenvalue weighted by molar-refractivity contribution is -0.150. The Kier molecular flexibility index (Phi) is 7.36. The van der Waals surface area contributed by atoms with Gasteiger partial charge in [0.25, 0.3) is 0 Å². The highest BCUT2D eigenvalue weighted by molar-refractivity contribution is 5.90. The number of nitrogen functional groups attached to an aromatic ring is 1. The van der Waals surface area contributed by atoms with Crippen molar-refractivity contribution in [2.45, 2.75) is 13.3 Å². The fourth-order valence-corrected chi connectivity index (χ4v) is 0.961. The summed E-state index contributed by atoms with van der Waals surface area (Å²) in [4.78, 5) is 30.3. The maximum Gasteiger partial charge on any atom is 0.335 e. The number of hydrogen-bond donors (Lipinski definition) is 3. The van der Waals surface area contributed by atoms with Gasteiger partial charge >= 0.3 is 17.9 Å². The smallest absolute Gasteiger partial charge is 0.335 e. The summed E-state index contributed by atoms with van der Waals surface area (Å²) in [6.07, 6.45) is -0.548. The molecular formula is C12H15NO6. The summed E-state index contributed by atoms with van der Waals surface area (Å²) in [5.74, 6) is -2.78. The third-order valence-corrected chi connectivity index (χ3v) is 1.76. The van der Waals surface area contributed by atoms with Crippen LogP contribution in [-0.4, -0.2) is 34.7 Å². The summed E-state index contributed by atoms with van der Waals surface area (Å²) in [6, 6.07) is 6.06. The van der Waals surface area contributed by atoms with E-state index in [0.717, 1.165) is 0 Å². The van der Waals surface area contributed by atoms with Gasteiger partial charge in [0.05, 0.1) is 12.2 Å². The molecule has 0 spiro atoms. The third-order valence-electron chi connectivity index (χ3n) is 1.76. The first-order chi connectivity index (χ1) is 8.86. The van der Waals surface area contributed by atoms with E-state index in [1.54, 1.807) is 19.1 Å². The van der Waals surface area contributed by atoms with Crippen molar-refractivity contribution < 1.29 is 29.3 Å². The summed E-state index contributed by atoms with van der Waals surface area (Å²) < 4.78 is 4.33. The van der Waals surface area contributed by atoms with Crippen molar-refractivity contribution in [2.75, 3.05) is 12.3 Å². The topological polar surface area (TPSA) is 127 Å². The van der Waals surface area contributed by atoms with Gasteiger partial charge in [0, 0.05) is 5.69 Å². The lowest BCUT2D eigenvalue weighted by Crippen LogP contribution is -2.09. The van der Waals surface area contributed by atoms with E-state index in [4.69, 9.17) is 15.9 Å². The van der Waals surface area contributed by atoms with Crippen molar-refractivity contribution in [2.24, 2.45) is 0 Å². The highest BCUT2D eigenvalue weighted by atomic mass is 16.5. The first-order valence-corrected chi connectivity index (χ1v) is 5.33. The number of nitrogens with two attached hydrogens (primary N) is 1. The predicted molar refractivity (Wildman–Crippen MR) is 66.7 cm³/mol. The number of hydrogen-bond acceptors (Lipinski definition) is 5. The Morgan fingerprint density at radius 1 is 1.16 bits per heavy atom. The van der Waals surface area contributed by atoms with E-state index in [0.29, 0.717) is 5.69 Å². The Balaban J connectivity index is 0.000000344. The van der Waals surface area contributed by atoms with Gasteiger partial charge < -0.3 is 20.7 Å². The normalized spacial score (nSPS) is 8.89. The minimum atomic E-state index is -1.16. The number of carboxylic acids is 2. The summed E-state index contributed by atoms with van der Waals surface area (Å²) in [5, 5.41) is 16.4. The monoisotopic (exact) mass is 269 g/mol. The number of aliphatic carboxylic acids is 1. The van der Waals surface area contributed by atoms with Gasteiger partial charge in [-0.15, -0.1) is 0 Å². The van der Waals surface area contributed by atoms with Crippen LogP contribution in [0.25, 0.3) is 0 Å². The van der Waals surface area contributed by atoms with Gasteiger partial charge in [-0.25, -0.2) is 4.79 Å². The molecule has 0 saturated heterocycles. The maximum absolute atomic E-state index is 10.3. The molecule has 0 unspecified atom stereocenters. The highest BCUT2D eigenvalue weighted by Crippen LogP contribution is 2.04. The molecule has 1 aromatic rings. The van der Waals surface area contributed by atoms with E-state index < -0.39 is 24.3 Å². The van der Waals surface area contributed by atoms with Crippen LogP contribution in [-0.2, 0) is 14.3 Å². The molecule has 7 heteroatoms. The minimum absolute atomic E-state index is 0.228. The van der Waals surface area contributed by atoms with E-state index in [2.05, 4.69) is 4.74 Å². The molecule has 7 nitrogen and oxygen atoms in total. The van der Waals surface area contributed by atoms with E-state index in [1.807, 2.05) is 0 Å². The van der Waals surface area contributed by atoms with Crippen molar-refractivity contribution >= 4 is 23.6 Å². The number of esters is 1. The van der Waals surface area contributed by atoms with Gasteiger partial charge in [0.2, 0.25) is 0 Å². The Hall–Kier alpha value is -2.57. The number of ether oxygens (including phenoxy) is 1. The van der Waals surface area contributed by atoms with Crippen molar-refractivity contribution in [3.63, 3.8) is 0 Å². The SMILES string of the molecule is CCOC(=O)CC(=O)O.Nc1ccc(C(=O)O)cc1. The molecule has 0 fully saturated rings. The molecule has 0 saturated carbocycles. The van der Waals surface area contributed by atoms with Crippen molar-refractivity contribution in [3.05, 3.63) is 29.8 Å². The molecule has 19 heavy (non-hydrogen) atoms. The van der Waals surface area contributed by atoms with Gasteiger partial charge in [-0.3, -0.25) is 9.59 Å². The number of anilines is 1. The Labute approximate surface area is 109 Å². The average molecular weight is 269 g/mol. The number of benzene rings is 1. The molecule has 4 N–H and O–H groups in total. The number of rotatable bonds is 4. The van der Waals surface area contributed by atoms with E-state index >= 15 is 0 Å². The van der Waals surface area contributed by atoms with Gasteiger partial charge in [0.15, 0.2) is 0 Å². The zero-order valence-corrected chi connectivity index (χ0v) is 10.3. The Bertz CT molecular complexity index is 440. The first kappa shape index (κ1) is 16.4. The highest BCUT2D eigenvalue weighted by Gasteiger charge is 2.06. The molecule has 0 aliphatic carbocycles. The van der Waals surface area contributed by atoms with Crippen LogP contribution in [0.4, 0.5) is 5.69 Å². The fraction of sp³-hybridized carbons (Fsp3) is 0.250. The molecule has 1 rings (SSSR count). The largest absolute Gasteiger partial charge is 0.481 e. The molecule has 0 radical (unpaired) electrons. The second-order valence-electron chi connectivity index (χ2n) is 3.30. The molecule has 0 atom stereocenters. The number of carbonyl (C=O) groups excluding carboxylic acids is 1. The van der Waals surface area contributed by atoms with Crippen molar-refractivity contribution in [1.82, 2.24) is 0 Å². The predicted octanol–water partition coefficient (Wildman–Crippen LogP) is 0.991. The van der Waals surface area contributed by atoms with Crippen LogP contribution in [0.1, 0.15) is 23.7 Å². The van der Waals surface area contributed by atoms with Crippen LogP contribution < -0.4 is 5.73 Å². The van der Waals surface area contributed by atoms with Crippen LogP contribution >= 0.6 is 0 Å². The average Bonchev–Trinajstić information content (AvgIpc) is 2.29. The fourth-order valence-electron chi connectivity index (χ4n) is 0.961. The molecular weight excluding hydrogens is 254 g/mol. The summed E-state index contributed by atoms with van der Waals surface area (Å²) in [7, 11) is 0. The van der Waals surface area contributed by atoms with E-state index in [-0.39, 0.29) is 12.2 Å². The van der Waals surface area contributed by atoms with Gasteiger partial charge in [-0.1, -0.05) is 0 Å². The standard InChI is InChI=1S/C7H7NO2.C5H8O4/c8-6-3-1-5(2-4-6)7(9)10;1-2-9-5(8)3-4(6)7/h1-4H,8H2,(H,9,10);2-3H2,1H3,(H,6,7). The lowest BCUT2D eigenvalue weighted by atomic mass is 10.2. The number of carbonyl (C=O) groups is 3. The molecule has 0 aliphatic heterocycles. The maximum atomic E-state index is 10.3. The van der Waals surface area contributed by atoms with E-state index in [1.165, 1.54) is 12.1 Å². The lowest BCUT2D eigenvalue weighted by Gasteiger charge is -1.95. The minimum Gasteiger partial charge on any atom is -0.481 e. The summed E-state index contributed by atoms with van der Waals surface area (Å²) in [5.41, 5.74) is 6.17. The molecule has 0 heterocycles. The second-order valence-corrected chi connectivity index (χ2v) is 3.30. The second kappa shape index (κ2) is 8.51. The number of carboxylic acid groups (broad SMARTS) is 2. The zero-order valence-electron chi connectivity index (χ0n) is 10.3. The van der Waals surface area contributed by atoms with Crippen LogP contribution in [0.2, 0.25) is 0 Å². The molecule has 0 bridgehead atoms. The third kappa shape index (κ3) is 8.19. The quantitative estimate of drug-likeness (QED) is 0.422. The molecule has 0 amide bonds. The summed E-state index contributed by atoms with van der Waals surface area (Å²) >= 11 is 0. The molecule has 0 aliphatic rings. The van der Waals surface area contributed by atoms with Gasteiger partial charge in [-0.05, 0) is 31.2 Å². The Morgan fingerprint density at radius 2 is 1.68 bits per heavy atom. The molecule has 1 aromatic carbocycles.